The third kappa shape index (κ3) is 5.26. The lowest BCUT2D eigenvalue weighted by Gasteiger charge is -2.27. The number of nitrogens with zero attached hydrogens (tertiary/aromatic N) is 2. The fourth-order valence-electron chi connectivity index (χ4n) is 1.96. The van der Waals surface area contributed by atoms with E-state index in [9.17, 15) is 9.59 Å². The van der Waals surface area contributed by atoms with Crippen LogP contribution in [0, 0.1) is 0 Å². The molecular formula is C14H21N3O3. The molecule has 0 saturated heterocycles. The van der Waals surface area contributed by atoms with Crippen LogP contribution in [0.3, 0.4) is 0 Å². The van der Waals surface area contributed by atoms with E-state index in [2.05, 4.69) is 10.3 Å². The number of nitrogens with one attached hydrogen (secondary N) is 1. The van der Waals surface area contributed by atoms with Gasteiger partial charge in [-0.1, -0.05) is 6.07 Å². The molecule has 6 heteroatoms. The number of carbonyl (C=O) groups is 2. The molecule has 0 saturated carbocycles. The molecule has 0 aliphatic carbocycles. The van der Waals surface area contributed by atoms with Gasteiger partial charge in [-0.05, 0) is 26.0 Å². The Kier molecular flexibility index (Phi) is 6.49. The van der Waals surface area contributed by atoms with Crippen LogP contribution in [0.4, 0.5) is 4.79 Å². The fourth-order valence-corrected chi connectivity index (χ4v) is 1.96. The van der Waals surface area contributed by atoms with Gasteiger partial charge in [0.2, 0.25) is 0 Å². The van der Waals surface area contributed by atoms with E-state index in [0.717, 1.165) is 5.69 Å². The number of amides is 2. The van der Waals surface area contributed by atoms with Crippen molar-refractivity contribution in [2.75, 3.05) is 13.1 Å². The molecule has 0 radical (unpaired) electrons. The molecule has 1 rings (SSSR count). The molecule has 1 aromatic heterocycles. The lowest BCUT2D eigenvalue weighted by Crippen LogP contribution is -2.46. The summed E-state index contributed by atoms with van der Waals surface area (Å²) in [5.74, 6) is -0.905. The van der Waals surface area contributed by atoms with E-state index in [4.69, 9.17) is 5.11 Å². The predicted molar refractivity (Wildman–Crippen MR) is 75.4 cm³/mol. The zero-order valence-corrected chi connectivity index (χ0v) is 11.9. The van der Waals surface area contributed by atoms with Gasteiger partial charge in [0.15, 0.2) is 0 Å². The molecule has 2 N–H and O–H groups in total. The first-order chi connectivity index (χ1) is 9.54. The van der Waals surface area contributed by atoms with Crippen LogP contribution in [0.1, 0.15) is 26.0 Å². The summed E-state index contributed by atoms with van der Waals surface area (Å²) in [6.45, 7) is 4.52. The number of rotatable bonds is 7. The number of carbonyl (C=O) groups excluding carboxylic acids is 1. The minimum Gasteiger partial charge on any atom is -0.481 e. The molecular weight excluding hydrogens is 258 g/mol. The smallest absolute Gasteiger partial charge is 0.317 e. The highest BCUT2D eigenvalue weighted by Gasteiger charge is 2.20. The second-order valence-electron chi connectivity index (χ2n) is 4.54. The van der Waals surface area contributed by atoms with Crippen LogP contribution in [0.25, 0.3) is 0 Å². The van der Waals surface area contributed by atoms with E-state index in [1.165, 1.54) is 4.90 Å². The van der Waals surface area contributed by atoms with Crippen molar-refractivity contribution in [2.24, 2.45) is 0 Å². The lowest BCUT2D eigenvalue weighted by molar-refractivity contribution is -0.138. The molecule has 1 heterocycles. The molecule has 0 fully saturated rings. The summed E-state index contributed by atoms with van der Waals surface area (Å²) >= 11 is 0. The van der Waals surface area contributed by atoms with Gasteiger partial charge < -0.3 is 15.3 Å². The molecule has 2 amide bonds. The van der Waals surface area contributed by atoms with Crippen LogP contribution < -0.4 is 5.32 Å². The van der Waals surface area contributed by atoms with Crippen molar-refractivity contribution in [1.82, 2.24) is 15.2 Å². The molecule has 110 valence electrons. The van der Waals surface area contributed by atoms with Crippen LogP contribution in [0.5, 0.6) is 0 Å². The van der Waals surface area contributed by atoms with Gasteiger partial charge in [0.1, 0.15) is 0 Å². The summed E-state index contributed by atoms with van der Waals surface area (Å²) in [6.07, 6.45) is 2.31. The maximum Gasteiger partial charge on any atom is 0.317 e. The Morgan fingerprint density at radius 2 is 2.20 bits per heavy atom. The first-order valence-electron chi connectivity index (χ1n) is 6.70. The quantitative estimate of drug-likeness (QED) is 0.792. The Bertz CT molecular complexity index is 437. The van der Waals surface area contributed by atoms with E-state index in [1.807, 2.05) is 25.1 Å². The van der Waals surface area contributed by atoms with Crippen LogP contribution in [-0.4, -0.2) is 46.1 Å². The largest absolute Gasteiger partial charge is 0.481 e. The van der Waals surface area contributed by atoms with E-state index in [-0.39, 0.29) is 18.5 Å². The number of carboxylic acids is 1. The van der Waals surface area contributed by atoms with Crippen molar-refractivity contribution < 1.29 is 14.7 Å². The van der Waals surface area contributed by atoms with Gasteiger partial charge in [-0.15, -0.1) is 0 Å². The van der Waals surface area contributed by atoms with Crippen LogP contribution >= 0.6 is 0 Å². The van der Waals surface area contributed by atoms with E-state index >= 15 is 0 Å². The maximum absolute atomic E-state index is 12.0. The van der Waals surface area contributed by atoms with E-state index in [0.29, 0.717) is 19.5 Å². The van der Waals surface area contributed by atoms with Crippen molar-refractivity contribution in [3.8, 4) is 0 Å². The van der Waals surface area contributed by atoms with Crippen LogP contribution in [-0.2, 0) is 11.2 Å². The third-order valence-corrected chi connectivity index (χ3v) is 2.99. The van der Waals surface area contributed by atoms with Crippen molar-refractivity contribution in [3.63, 3.8) is 0 Å². The monoisotopic (exact) mass is 279 g/mol. The highest BCUT2D eigenvalue weighted by molar-refractivity contribution is 5.75. The number of pyridine rings is 1. The summed E-state index contributed by atoms with van der Waals surface area (Å²) in [4.78, 5) is 28.4. The van der Waals surface area contributed by atoms with Gasteiger partial charge in [0.05, 0.1) is 6.42 Å². The Morgan fingerprint density at radius 1 is 1.45 bits per heavy atom. The second-order valence-corrected chi connectivity index (χ2v) is 4.54. The SMILES string of the molecule is CCN(C(=O)NCCc1ccccn1)C(C)CC(=O)O. The summed E-state index contributed by atoms with van der Waals surface area (Å²) in [7, 11) is 0. The Hall–Kier alpha value is -2.11. The van der Waals surface area contributed by atoms with Gasteiger partial charge in [-0.3, -0.25) is 9.78 Å². The second kappa shape index (κ2) is 8.14. The third-order valence-electron chi connectivity index (χ3n) is 2.99. The molecule has 0 aliphatic rings. The zero-order chi connectivity index (χ0) is 15.0. The number of aliphatic carboxylic acids is 1. The summed E-state index contributed by atoms with van der Waals surface area (Å²) in [5, 5.41) is 11.6. The highest BCUT2D eigenvalue weighted by Crippen LogP contribution is 2.04. The first-order valence-corrected chi connectivity index (χ1v) is 6.70. The number of hydrogen-bond donors (Lipinski definition) is 2. The average Bonchev–Trinajstić information content (AvgIpc) is 2.40. The molecule has 0 bridgehead atoms. The number of carboxylic acid groups (broad SMARTS) is 1. The molecule has 1 atom stereocenters. The average molecular weight is 279 g/mol. The number of aromatic nitrogens is 1. The topological polar surface area (TPSA) is 82.5 Å². The molecule has 1 aromatic rings. The van der Waals surface area contributed by atoms with Crippen molar-refractivity contribution in [1.29, 1.82) is 0 Å². The van der Waals surface area contributed by atoms with Gasteiger partial charge in [-0.25, -0.2) is 4.79 Å². The first kappa shape index (κ1) is 15.9. The summed E-state index contributed by atoms with van der Waals surface area (Å²) in [5.41, 5.74) is 0.912. The molecule has 0 aromatic carbocycles. The molecule has 0 aliphatic heterocycles. The predicted octanol–water partition coefficient (Wildman–Crippen LogP) is 1.52. The molecule has 20 heavy (non-hydrogen) atoms. The molecule has 1 unspecified atom stereocenters. The van der Waals surface area contributed by atoms with Crippen LogP contribution in [0.15, 0.2) is 24.4 Å². The Labute approximate surface area is 118 Å². The zero-order valence-electron chi connectivity index (χ0n) is 11.9. The van der Waals surface area contributed by atoms with Crippen molar-refractivity contribution in [3.05, 3.63) is 30.1 Å². The minimum absolute atomic E-state index is 0.0541. The maximum atomic E-state index is 12.0. The molecule has 0 spiro atoms. The van der Waals surface area contributed by atoms with E-state index < -0.39 is 5.97 Å². The number of hydrogen-bond acceptors (Lipinski definition) is 3. The number of urea groups is 1. The fraction of sp³-hybridized carbons (Fsp3) is 0.500. The van der Waals surface area contributed by atoms with Gasteiger partial charge in [-0.2, -0.15) is 0 Å². The van der Waals surface area contributed by atoms with Gasteiger partial charge in [0.25, 0.3) is 0 Å². The molecule has 6 nitrogen and oxygen atoms in total. The van der Waals surface area contributed by atoms with Crippen molar-refractivity contribution in [2.45, 2.75) is 32.7 Å². The standard InChI is InChI=1S/C14H21N3O3/c1-3-17(11(2)10-13(18)19)14(20)16-9-7-12-6-4-5-8-15-12/h4-6,8,11H,3,7,9-10H2,1-2H3,(H,16,20)(H,18,19). The summed E-state index contributed by atoms with van der Waals surface area (Å²) < 4.78 is 0. The normalized spacial score (nSPS) is 11.7. The highest BCUT2D eigenvalue weighted by atomic mass is 16.4. The lowest BCUT2D eigenvalue weighted by atomic mass is 10.2. The minimum atomic E-state index is -0.905. The van der Waals surface area contributed by atoms with Crippen LogP contribution in [0.2, 0.25) is 0 Å². The van der Waals surface area contributed by atoms with E-state index in [1.54, 1.807) is 13.1 Å². The van der Waals surface area contributed by atoms with Gasteiger partial charge in [0, 0.05) is 37.4 Å². The Morgan fingerprint density at radius 3 is 2.75 bits per heavy atom. The van der Waals surface area contributed by atoms with Gasteiger partial charge >= 0.3 is 12.0 Å². The van der Waals surface area contributed by atoms with Crippen molar-refractivity contribution >= 4 is 12.0 Å². The summed E-state index contributed by atoms with van der Waals surface area (Å²) in [6, 6.07) is 5.08. The Balaban J connectivity index is 2.41.